The molecule has 1 rings (SSSR count). The van der Waals surface area contributed by atoms with Gasteiger partial charge >= 0.3 is 0 Å². The minimum absolute atomic E-state index is 0.202. The minimum Gasteiger partial charge on any atom is -0.493 e. The second kappa shape index (κ2) is 5.76. The van der Waals surface area contributed by atoms with Crippen LogP contribution < -0.4 is 4.74 Å². The molecule has 0 saturated carbocycles. The van der Waals surface area contributed by atoms with Crippen LogP contribution in [0.1, 0.15) is 30.0 Å². The number of ether oxygens (including phenoxy) is 1. The van der Waals surface area contributed by atoms with Gasteiger partial charge in [0.2, 0.25) is 0 Å². The van der Waals surface area contributed by atoms with E-state index in [9.17, 15) is 0 Å². The third kappa shape index (κ3) is 3.24. The summed E-state index contributed by atoms with van der Waals surface area (Å²) in [5.41, 5.74) is 3.50. The molecule has 1 N–H and O–H groups in total. The number of hydrogen-bond acceptors (Lipinski definition) is 2. The van der Waals surface area contributed by atoms with E-state index in [-0.39, 0.29) is 6.61 Å². The summed E-state index contributed by atoms with van der Waals surface area (Å²) in [4.78, 5) is 0. The molecule has 0 radical (unpaired) electrons. The zero-order chi connectivity index (χ0) is 11.3. The van der Waals surface area contributed by atoms with Gasteiger partial charge in [-0.25, -0.2) is 0 Å². The van der Waals surface area contributed by atoms with E-state index in [4.69, 9.17) is 9.84 Å². The molecule has 84 valence electrons. The molecule has 1 aromatic rings. The van der Waals surface area contributed by atoms with Crippen molar-refractivity contribution in [3.63, 3.8) is 0 Å². The molecule has 15 heavy (non-hydrogen) atoms. The first-order valence-corrected chi connectivity index (χ1v) is 5.52. The van der Waals surface area contributed by atoms with E-state index in [1.165, 1.54) is 5.56 Å². The number of hydrogen-bond donors (Lipinski definition) is 1. The van der Waals surface area contributed by atoms with Gasteiger partial charge in [0.05, 0.1) is 6.61 Å². The highest BCUT2D eigenvalue weighted by Gasteiger charge is 2.05. The molecular weight excluding hydrogens is 188 g/mol. The Kier molecular flexibility index (Phi) is 4.63. The van der Waals surface area contributed by atoms with Gasteiger partial charge in [-0.2, -0.15) is 0 Å². The number of rotatable bonds is 5. The van der Waals surface area contributed by atoms with Crippen LogP contribution in [0.5, 0.6) is 5.75 Å². The van der Waals surface area contributed by atoms with Crippen molar-refractivity contribution in [2.75, 3.05) is 13.2 Å². The maximum Gasteiger partial charge on any atom is 0.125 e. The summed E-state index contributed by atoms with van der Waals surface area (Å²) in [7, 11) is 0. The van der Waals surface area contributed by atoms with E-state index < -0.39 is 0 Å². The quantitative estimate of drug-likeness (QED) is 0.806. The molecule has 0 fully saturated rings. The number of benzene rings is 1. The fraction of sp³-hybridized carbons (Fsp3) is 0.538. The van der Waals surface area contributed by atoms with Gasteiger partial charge in [-0.3, -0.25) is 0 Å². The summed E-state index contributed by atoms with van der Waals surface area (Å²) in [6.45, 7) is 7.18. The van der Waals surface area contributed by atoms with Crippen LogP contribution in [-0.4, -0.2) is 18.3 Å². The Morgan fingerprint density at radius 3 is 2.27 bits per heavy atom. The Morgan fingerprint density at radius 2 is 1.80 bits per heavy atom. The molecule has 0 spiro atoms. The van der Waals surface area contributed by atoms with Crippen LogP contribution >= 0.6 is 0 Å². The average molecular weight is 208 g/mol. The summed E-state index contributed by atoms with van der Waals surface area (Å²) in [5, 5.41) is 8.88. The number of aliphatic hydroxyl groups is 1. The predicted molar refractivity (Wildman–Crippen MR) is 62.5 cm³/mol. The molecule has 0 aliphatic rings. The lowest BCUT2D eigenvalue weighted by Gasteiger charge is -2.13. The third-order valence-corrected chi connectivity index (χ3v) is 2.37. The SMILES string of the molecule is CCCOc1c(C)cc(CCO)cc1C. The van der Waals surface area contributed by atoms with Gasteiger partial charge < -0.3 is 9.84 Å². The van der Waals surface area contributed by atoms with Crippen molar-refractivity contribution < 1.29 is 9.84 Å². The molecule has 0 atom stereocenters. The third-order valence-electron chi connectivity index (χ3n) is 2.37. The van der Waals surface area contributed by atoms with Crippen LogP contribution in [-0.2, 0) is 6.42 Å². The van der Waals surface area contributed by atoms with Crippen molar-refractivity contribution in [1.29, 1.82) is 0 Å². The highest BCUT2D eigenvalue weighted by molar-refractivity contribution is 5.43. The predicted octanol–water partition coefficient (Wildman–Crippen LogP) is 2.63. The Bertz CT molecular complexity index is 295. The molecular formula is C13H20O2. The monoisotopic (exact) mass is 208 g/mol. The van der Waals surface area contributed by atoms with E-state index >= 15 is 0 Å². The van der Waals surface area contributed by atoms with Crippen molar-refractivity contribution in [3.05, 3.63) is 28.8 Å². The summed E-state index contributed by atoms with van der Waals surface area (Å²) >= 11 is 0. The fourth-order valence-corrected chi connectivity index (χ4v) is 1.75. The van der Waals surface area contributed by atoms with Crippen molar-refractivity contribution in [2.45, 2.75) is 33.6 Å². The van der Waals surface area contributed by atoms with Gasteiger partial charge in [-0.05, 0) is 43.4 Å². The van der Waals surface area contributed by atoms with E-state index in [0.29, 0.717) is 0 Å². The van der Waals surface area contributed by atoms with Gasteiger partial charge in [-0.1, -0.05) is 19.1 Å². The minimum atomic E-state index is 0.202. The van der Waals surface area contributed by atoms with E-state index in [0.717, 1.165) is 36.3 Å². The average Bonchev–Trinajstić information content (AvgIpc) is 2.17. The van der Waals surface area contributed by atoms with E-state index in [1.54, 1.807) is 0 Å². The molecule has 1 aromatic carbocycles. The second-order valence-corrected chi connectivity index (χ2v) is 3.88. The highest BCUT2D eigenvalue weighted by Crippen LogP contribution is 2.25. The topological polar surface area (TPSA) is 29.5 Å². The molecule has 0 aliphatic carbocycles. The summed E-state index contributed by atoms with van der Waals surface area (Å²) in [6, 6.07) is 4.18. The number of aliphatic hydroxyl groups excluding tert-OH is 1. The zero-order valence-corrected chi connectivity index (χ0v) is 9.84. The lowest BCUT2D eigenvalue weighted by Crippen LogP contribution is -2.01. The summed E-state index contributed by atoms with van der Waals surface area (Å²) in [6.07, 6.45) is 1.74. The zero-order valence-electron chi connectivity index (χ0n) is 9.84. The van der Waals surface area contributed by atoms with Crippen LogP contribution in [0, 0.1) is 13.8 Å². The Morgan fingerprint density at radius 1 is 1.20 bits per heavy atom. The van der Waals surface area contributed by atoms with Crippen molar-refractivity contribution in [3.8, 4) is 5.75 Å². The van der Waals surface area contributed by atoms with Crippen LogP contribution in [0.3, 0.4) is 0 Å². The molecule has 0 amide bonds. The summed E-state index contributed by atoms with van der Waals surface area (Å²) < 4.78 is 5.69. The molecule has 0 bridgehead atoms. The maximum absolute atomic E-state index is 8.88. The maximum atomic E-state index is 8.88. The molecule has 0 heterocycles. The Labute approximate surface area is 91.9 Å². The largest absolute Gasteiger partial charge is 0.493 e. The van der Waals surface area contributed by atoms with Gasteiger partial charge in [-0.15, -0.1) is 0 Å². The van der Waals surface area contributed by atoms with Crippen molar-refractivity contribution in [2.24, 2.45) is 0 Å². The van der Waals surface area contributed by atoms with Gasteiger partial charge in [0.25, 0.3) is 0 Å². The molecule has 0 saturated heterocycles. The highest BCUT2D eigenvalue weighted by atomic mass is 16.5. The van der Waals surface area contributed by atoms with E-state index in [2.05, 4.69) is 32.9 Å². The second-order valence-electron chi connectivity index (χ2n) is 3.88. The molecule has 2 heteroatoms. The summed E-state index contributed by atoms with van der Waals surface area (Å²) in [5.74, 6) is 0.999. The van der Waals surface area contributed by atoms with Crippen LogP contribution in [0.4, 0.5) is 0 Å². The van der Waals surface area contributed by atoms with Crippen LogP contribution in [0.2, 0.25) is 0 Å². The van der Waals surface area contributed by atoms with Crippen LogP contribution in [0.15, 0.2) is 12.1 Å². The van der Waals surface area contributed by atoms with Gasteiger partial charge in [0.1, 0.15) is 5.75 Å². The van der Waals surface area contributed by atoms with Crippen molar-refractivity contribution in [1.82, 2.24) is 0 Å². The van der Waals surface area contributed by atoms with Crippen molar-refractivity contribution >= 4 is 0 Å². The lowest BCUT2D eigenvalue weighted by molar-refractivity contribution is 0.299. The first kappa shape index (κ1) is 12.1. The Balaban J connectivity index is 2.88. The Hall–Kier alpha value is -1.02. The standard InChI is InChI=1S/C13H20O2/c1-4-7-15-13-10(2)8-12(5-6-14)9-11(13)3/h8-9,14H,4-7H2,1-3H3. The lowest BCUT2D eigenvalue weighted by atomic mass is 10.0. The normalized spacial score (nSPS) is 10.4. The smallest absolute Gasteiger partial charge is 0.125 e. The van der Waals surface area contributed by atoms with Gasteiger partial charge in [0.15, 0.2) is 0 Å². The van der Waals surface area contributed by atoms with E-state index in [1.807, 2.05) is 0 Å². The molecule has 0 aromatic heterocycles. The first-order valence-electron chi connectivity index (χ1n) is 5.52. The molecule has 2 nitrogen and oxygen atoms in total. The number of aryl methyl sites for hydroxylation is 2. The molecule has 0 unspecified atom stereocenters. The van der Waals surface area contributed by atoms with Crippen LogP contribution in [0.25, 0.3) is 0 Å². The first-order chi connectivity index (χ1) is 7.19. The fourth-order valence-electron chi connectivity index (χ4n) is 1.75. The van der Waals surface area contributed by atoms with Gasteiger partial charge in [0, 0.05) is 6.61 Å². The molecule has 0 aliphatic heterocycles.